The van der Waals surface area contributed by atoms with Crippen LogP contribution in [0.25, 0.3) is 0 Å². The van der Waals surface area contributed by atoms with E-state index in [0.29, 0.717) is 36.7 Å². The number of aryl methyl sites for hydroxylation is 2. The Bertz CT molecular complexity index is 671. The first-order valence-electron chi connectivity index (χ1n) is 7.82. The highest BCUT2D eigenvalue weighted by molar-refractivity contribution is 5.89. The van der Waals surface area contributed by atoms with Crippen LogP contribution in [0.4, 0.5) is 11.5 Å². The molecule has 0 bridgehead atoms. The summed E-state index contributed by atoms with van der Waals surface area (Å²) in [5, 5.41) is 2.80. The van der Waals surface area contributed by atoms with E-state index in [1.807, 2.05) is 44.2 Å². The van der Waals surface area contributed by atoms with E-state index in [0.717, 1.165) is 17.5 Å². The highest BCUT2D eigenvalue weighted by Gasteiger charge is 2.06. The topological polar surface area (TPSA) is 77.2 Å². The molecule has 3 N–H and O–H groups in total. The average Bonchev–Trinajstić information content (AvgIpc) is 2.52. The van der Waals surface area contributed by atoms with Crippen LogP contribution in [-0.2, 0) is 11.2 Å². The molecule has 5 heteroatoms. The molecular weight excluding hydrogens is 290 g/mol. The number of aromatic nitrogens is 1. The van der Waals surface area contributed by atoms with Gasteiger partial charge in [-0.3, -0.25) is 4.79 Å². The Morgan fingerprint density at radius 3 is 2.83 bits per heavy atom. The number of hydrogen-bond acceptors (Lipinski definition) is 4. The fourth-order valence-corrected chi connectivity index (χ4v) is 2.16. The summed E-state index contributed by atoms with van der Waals surface area (Å²) in [7, 11) is 0. The van der Waals surface area contributed by atoms with Crippen LogP contribution in [0.1, 0.15) is 30.9 Å². The molecule has 1 aromatic heterocycles. The Morgan fingerprint density at radius 2 is 2.13 bits per heavy atom. The molecule has 0 atom stereocenters. The number of amides is 1. The van der Waals surface area contributed by atoms with Gasteiger partial charge in [0.05, 0.1) is 12.3 Å². The third-order valence-electron chi connectivity index (χ3n) is 3.36. The molecule has 23 heavy (non-hydrogen) atoms. The second-order valence-electron chi connectivity index (χ2n) is 5.49. The van der Waals surface area contributed by atoms with Crippen molar-refractivity contribution in [3.05, 3.63) is 47.7 Å². The van der Waals surface area contributed by atoms with E-state index in [4.69, 9.17) is 10.5 Å². The Labute approximate surface area is 136 Å². The Kier molecular flexibility index (Phi) is 5.97. The lowest BCUT2D eigenvalue weighted by Crippen LogP contribution is -2.13. The molecule has 1 heterocycles. The Morgan fingerprint density at radius 1 is 1.30 bits per heavy atom. The van der Waals surface area contributed by atoms with Gasteiger partial charge < -0.3 is 15.8 Å². The summed E-state index contributed by atoms with van der Waals surface area (Å²) >= 11 is 0. The van der Waals surface area contributed by atoms with Crippen LogP contribution < -0.4 is 15.8 Å². The lowest BCUT2D eigenvalue weighted by molar-refractivity contribution is -0.116. The summed E-state index contributed by atoms with van der Waals surface area (Å²) in [5.41, 5.74) is 8.65. The van der Waals surface area contributed by atoms with Crippen molar-refractivity contribution in [3.8, 4) is 5.75 Å². The van der Waals surface area contributed by atoms with Crippen LogP contribution >= 0.6 is 0 Å². The lowest BCUT2D eigenvalue weighted by atomic mass is 10.1. The highest BCUT2D eigenvalue weighted by atomic mass is 16.5. The summed E-state index contributed by atoms with van der Waals surface area (Å²) in [6.07, 6.45) is 3.62. The van der Waals surface area contributed by atoms with Crippen molar-refractivity contribution in [3.63, 3.8) is 0 Å². The molecule has 2 aromatic rings. The summed E-state index contributed by atoms with van der Waals surface area (Å²) in [6.45, 7) is 4.66. The Balaban J connectivity index is 1.87. The minimum absolute atomic E-state index is 0.0621. The summed E-state index contributed by atoms with van der Waals surface area (Å²) in [6, 6.07) is 9.40. The maximum Gasteiger partial charge on any atom is 0.225 e. The number of carbonyl (C=O) groups excluding carboxylic acids is 1. The van der Waals surface area contributed by atoms with Crippen molar-refractivity contribution in [2.45, 2.75) is 33.1 Å². The van der Waals surface area contributed by atoms with Crippen molar-refractivity contribution in [2.24, 2.45) is 0 Å². The standard InChI is InChI=1S/C18H23N3O2/c1-3-10-23-16-6-4-14(12-15(16)19)5-7-18(22)21-17-11-13(2)8-9-20-17/h4,6,8-9,11-12H,3,5,7,10,19H2,1-2H3,(H,20,21,22). The number of ether oxygens (including phenoxy) is 1. The molecule has 0 unspecified atom stereocenters. The number of nitrogens with zero attached hydrogens (tertiary/aromatic N) is 1. The van der Waals surface area contributed by atoms with Gasteiger partial charge in [0.15, 0.2) is 0 Å². The van der Waals surface area contributed by atoms with E-state index < -0.39 is 0 Å². The fraction of sp³-hybridized carbons (Fsp3) is 0.333. The first kappa shape index (κ1) is 16.8. The third-order valence-corrected chi connectivity index (χ3v) is 3.36. The predicted octanol–water partition coefficient (Wildman–Crippen LogP) is 3.33. The lowest BCUT2D eigenvalue weighted by Gasteiger charge is -2.10. The van der Waals surface area contributed by atoms with Crippen LogP contribution in [-0.4, -0.2) is 17.5 Å². The van der Waals surface area contributed by atoms with E-state index in [1.165, 1.54) is 0 Å². The van der Waals surface area contributed by atoms with Gasteiger partial charge in [-0.25, -0.2) is 4.98 Å². The number of nitrogen functional groups attached to an aromatic ring is 1. The number of nitrogens with one attached hydrogen (secondary N) is 1. The first-order chi connectivity index (χ1) is 11.1. The molecule has 0 aliphatic rings. The van der Waals surface area contributed by atoms with Crippen molar-refractivity contribution in [2.75, 3.05) is 17.7 Å². The maximum atomic E-state index is 12.0. The van der Waals surface area contributed by atoms with E-state index in [9.17, 15) is 4.79 Å². The van der Waals surface area contributed by atoms with Gasteiger partial charge in [0, 0.05) is 12.6 Å². The van der Waals surface area contributed by atoms with Gasteiger partial charge in [-0.05, 0) is 55.2 Å². The van der Waals surface area contributed by atoms with Crippen LogP contribution in [0.3, 0.4) is 0 Å². The second-order valence-corrected chi connectivity index (χ2v) is 5.49. The van der Waals surface area contributed by atoms with Gasteiger partial charge in [-0.15, -0.1) is 0 Å². The molecule has 0 aliphatic carbocycles. The molecule has 5 nitrogen and oxygen atoms in total. The molecule has 0 radical (unpaired) electrons. The number of nitrogens with two attached hydrogens (primary N) is 1. The number of pyridine rings is 1. The zero-order valence-corrected chi connectivity index (χ0v) is 13.6. The third kappa shape index (κ3) is 5.29. The van der Waals surface area contributed by atoms with Gasteiger partial charge >= 0.3 is 0 Å². The number of hydrogen-bond donors (Lipinski definition) is 2. The fourth-order valence-electron chi connectivity index (χ4n) is 2.16. The molecule has 1 aromatic carbocycles. The molecule has 0 saturated carbocycles. The van der Waals surface area contributed by atoms with Gasteiger partial charge in [-0.2, -0.15) is 0 Å². The van der Waals surface area contributed by atoms with Crippen molar-refractivity contribution in [1.29, 1.82) is 0 Å². The highest BCUT2D eigenvalue weighted by Crippen LogP contribution is 2.23. The molecule has 1 amide bonds. The monoisotopic (exact) mass is 313 g/mol. The molecule has 0 saturated heterocycles. The SMILES string of the molecule is CCCOc1ccc(CCC(=O)Nc2cc(C)ccn2)cc1N. The van der Waals surface area contributed by atoms with Crippen LogP contribution in [0.5, 0.6) is 5.75 Å². The molecule has 2 rings (SSSR count). The van der Waals surface area contributed by atoms with Crippen molar-refractivity contribution < 1.29 is 9.53 Å². The minimum Gasteiger partial charge on any atom is -0.491 e. The molecule has 0 fully saturated rings. The zero-order valence-electron chi connectivity index (χ0n) is 13.6. The zero-order chi connectivity index (χ0) is 16.7. The smallest absolute Gasteiger partial charge is 0.225 e. The van der Waals surface area contributed by atoms with Crippen molar-refractivity contribution in [1.82, 2.24) is 4.98 Å². The van der Waals surface area contributed by atoms with Crippen LogP contribution in [0.15, 0.2) is 36.5 Å². The van der Waals surface area contributed by atoms with Gasteiger partial charge in [0.2, 0.25) is 5.91 Å². The predicted molar refractivity (Wildman–Crippen MR) is 92.6 cm³/mol. The van der Waals surface area contributed by atoms with Crippen LogP contribution in [0.2, 0.25) is 0 Å². The number of benzene rings is 1. The van der Waals surface area contributed by atoms with E-state index in [-0.39, 0.29) is 5.91 Å². The van der Waals surface area contributed by atoms with E-state index in [1.54, 1.807) is 6.20 Å². The second kappa shape index (κ2) is 8.17. The summed E-state index contributed by atoms with van der Waals surface area (Å²) in [4.78, 5) is 16.1. The number of carbonyl (C=O) groups is 1. The Hall–Kier alpha value is -2.56. The normalized spacial score (nSPS) is 10.3. The molecule has 0 aliphatic heterocycles. The van der Waals surface area contributed by atoms with E-state index in [2.05, 4.69) is 10.3 Å². The molecule has 0 spiro atoms. The summed E-state index contributed by atoms with van der Waals surface area (Å²) < 4.78 is 5.54. The largest absolute Gasteiger partial charge is 0.491 e. The minimum atomic E-state index is -0.0621. The van der Waals surface area contributed by atoms with Gasteiger partial charge in [0.1, 0.15) is 11.6 Å². The summed E-state index contributed by atoms with van der Waals surface area (Å²) in [5.74, 6) is 1.22. The van der Waals surface area contributed by atoms with E-state index >= 15 is 0 Å². The maximum absolute atomic E-state index is 12.0. The molecular formula is C18H23N3O2. The number of anilines is 2. The average molecular weight is 313 g/mol. The molecule has 122 valence electrons. The van der Waals surface area contributed by atoms with Gasteiger partial charge in [-0.1, -0.05) is 13.0 Å². The van der Waals surface area contributed by atoms with Gasteiger partial charge in [0.25, 0.3) is 0 Å². The first-order valence-corrected chi connectivity index (χ1v) is 7.82. The van der Waals surface area contributed by atoms with Crippen LogP contribution in [0, 0.1) is 6.92 Å². The quantitative estimate of drug-likeness (QED) is 0.769. The van der Waals surface area contributed by atoms with Crippen molar-refractivity contribution >= 4 is 17.4 Å². The number of rotatable bonds is 7.